The summed E-state index contributed by atoms with van der Waals surface area (Å²) in [4.78, 5) is 11.2. The monoisotopic (exact) mass is 431 g/mol. The number of nitrogens with two attached hydrogens (primary N) is 1. The van der Waals surface area contributed by atoms with Gasteiger partial charge in [-0.1, -0.05) is 24.4 Å². The van der Waals surface area contributed by atoms with Crippen LogP contribution in [0.1, 0.15) is 44.7 Å². The molecule has 5 nitrogen and oxygen atoms in total. The molecule has 1 aliphatic carbocycles. The van der Waals surface area contributed by atoms with Gasteiger partial charge in [-0.15, -0.1) is 11.8 Å². The second-order valence-corrected chi connectivity index (χ2v) is 10.3. The number of aliphatic imine (C=N–C) groups is 1. The van der Waals surface area contributed by atoms with Crippen LogP contribution in [0.4, 0.5) is 5.69 Å². The number of likely N-dealkylation sites (tertiary alicyclic amines) is 1. The minimum Gasteiger partial charge on any atom is -0.381 e. The number of benzene rings is 1. The van der Waals surface area contributed by atoms with E-state index >= 15 is 0 Å². The van der Waals surface area contributed by atoms with Crippen molar-refractivity contribution in [3.05, 3.63) is 28.9 Å². The third-order valence-corrected chi connectivity index (χ3v) is 8.03. The molecular weight excluding hydrogens is 402 g/mol. The summed E-state index contributed by atoms with van der Waals surface area (Å²) in [7, 11) is 0. The summed E-state index contributed by atoms with van der Waals surface area (Å²) in [6.45, 7) is 4.38. The Balaban J connectivity index is 1.39. The fourth-order valence-electron chi connectivity index (χ4n) is 4.94. The molecule has 3 aliphatic rings. The van der Waals surface area contributed by atoms with E-state index in [4.69, 9.17) is 22.3 Å². The summed E-state index contributed by atoms with van der Waals surface area (Å²) < 4.78 is 0. The van der Waals surface area contributed by atoms with Crippen LogP contribution in [0.25, 0.3) is 10.9 Å². The van der Waals surface area contributed by atoms with E-state index in [0.29, 0.717) is 24.2 Å². The number of halogens is 1. The number of fused-ring (bicyclic) bond motifs is 1. The third kappa shape index (κ3) is 4.05. The summed E-state index contributed by atoms with van der Waals surface area (Å²) in [5.74, 6) is 1.03. The van der Waals surface area contributed by atoms with Crippen molar-refractivity contribution in [3.8, 4) is 0 Å². The highest BCUT2D eigenvalue weighted by Gasteiger charge is 2.32. The number of hydrogen-bond acceptors (Lipinski definition) is 5. The van der Waals surface area contributed by atoms with E-state index < -0.39 is 0 Å². The highest BCUT2D eigenvalue weighted by molar-refractivity contribution is 8.14. The van der Waals surface area contributed by atoms with E-state index in [2.05, 4.69) is 28.2 Å². The predicted octanol–water partition coefficient (Wildman–Crippen LogP) is 4.46. The predicted molar refractivity (Wildman–Crippen MR) is 126 cm³/mol. The Kier molecular flexibility index (Phi) is 5.54. The van der Waals surface area contributed by atoms with Crippen LogP contribution in [-0.4, -0.2) is 57.9 Å². The Hall–Kier alpha value is -1.21. The fourth-order valence-corrected chi connectivity index (χ4v) is 6.32. The molecule has 0 radical (unpaired) electrons. The smallest absolute Gasteiger partial charge is 0.114 e. The molecule has 3 heterocycles. The minimum atomic E-state index is 0.319. The number of aromatic amines is 1. The molecule has 1 saturated heterocycles. The molecule has 3 atom stereocenters. The highest BCUT2D eigenvalue weighted by Crippen LogP contribution is 2.34. The summed E-state index contributed by atoms with van der Waals surface area (Å²) in [5, 5.41) is 6.76. The Bertz CT molecular complexity index is 919. The number of rotatable bonds is 5. The fraction of sp³-hybridized carbons (Fsp3) is 0.591. The van der Waals surface area contributed by atoms with Crippen LogP contribution in [0.2, 0.25) is 5.02 Å². The van der Waals surface area contributed by atoms with Crippen LogP contribution in [0.3, 0.4) is 0 Å². The Labute approximate surface area is 181 Å². The second-order valence-electron chi connectivity index (χ2n) is 8.82. The van der Waals surface area contributed by atoms with Gasteiger partial charge in [0.1, 0.15) is 5.04 Å². The van der Waals surface area contributed by atoms with Crippen molar-refractivity contribution < 1.29 is 0 Å². The van der Waals surface area contributed by atoms with Gasteiger partial charge in [0.05, 0.1) is 22.9 Å². The molecule has 1 aromatic carbocycles. The summed E-state index contributed by atoms with van der Waals surface area (Å²) in [6.07, 6.45) is 6.20. The molecule has 7 heteroatoms. The summed E-state index contributed by atoms with van der Waals surface area (Å²) >= 11 is 8.28. The zero-order valence-electron chi connectivity index (χ0n) is 17.0. The van der Waals surface area contributed by atoms with E-state index in [1.165, 1.54) is 25.7 Å². The number of nitrogens with one attached hydrogen (secondary N) is 2. The lowest BCUT2D eigenvalue weighted by molar-refractivity contribution is 0.234. The van der Waals surface area contributed by atoms with Crippen LogP contribution in [0.5, 0.6) is 0 Å². The maximum absolute atomic E-state index is 6.42. The van der Waals surface area contributed by atoms with E-state index in [0.717, 1.165) is 57.6 Å². The standard InChI is InChI=1S/C22H30ClN5S/c1-13(28-7-6-16(24)11-28)20-12-29-22(27-20)19-9-14-8-15(23)10-18(21(14)26-19)25-17-4-2-3-5-17/h8-10,13,16-17,20,25-26H,2-7,11-12,24H2,1H3/t13-,16?,20?/m1/s1. The van der Waals surface area contributed by atoms with Gasteiger partial charge in [0.2, 0.25) is 0 Å². The van der Waals surface area contributed by atoms with E-state index in [9.17, 15) is 0 Å². The average Bonchev–Trinajstić information content (AvgIpc) is 3.47. The number of anilines is 1. The van der Waals surface area contributed by atoms with E-state index in [1.807, 2.05) is 23.9 Å². The van der Waals surface area contributed by atoms with E-state index in [1.54, 1.807) is 0 Å². The van der Waals surface area contributed by atoms with Gasteiger partial charge in [-0.2, -0.15) is 0 Å². The van der Waals surface area contributed by atoms with Gasteiger partial charge in [0.25, 0.3) is 0 Å². The van der Waals surface area contributed by atoms with E-state index in [-0.39, 0.29) is 0 Å². The number of thioether (sulfide) groups is 1. The molecule has 0 spiro atoms. The molecule has 0 bridgehead atoms. The van der Waals surface area contributed by atoms with Crippen LogP contribution in [0.15, 0.2) is 23.2 Å². The topological polar surface area (TPSA) is 69.4 Å². The second kappa shape index (κ2) is 8.14. The Morgan fingerprint density at radius 3 is 2.86 bits per heavy atom. The zero-order valence-corrected chi connectivity index (χ0v) is 18.5. The van der Waals surface area contributed by atoms with Gasteiger partial charge in [0.15, 0.2) is 0 Å². The van der Waals surface area contributed by atoms with Crippen molar-refractivity contribution in [2.24, 2.45) is 10.7 Å². The summed E-state index contributed by atoms with van der Waals surface area (Å²) in [5.41, 5.74) is 9.47. The third-order valence-electron chi connectivity index (χ3n) is 6.70. The van der Waals surface area contributed by atoms with Crippen molar-refractivity contribution in [3.63, 3.8) is 0 Å². The lowest BCUT2D eigenvalue weighted by Gasteiger charge is -2.27. The van der Waals surface area contributed by atoms with Gasteiger partial charge >= 0.3 is 0 Å². The maximum atomic E-state index is 6.42. The molecule has 1 aromatic heterocycles. The Morgan fingerprint density at radius 2 is 2.10 bits per heavy atom. The average molecular weight is 432 g/mol. The normalized spacial score (nSPS) is 27.1. The number of nitrogens with zero attached hydrogens (tertiary/aromatic N) is 2. The first kappa shape index (κ1) is 19.7. The number of H-pyrrole nitrogens is 1. The minimum absolute atomic E-state index is 0.319. The van der Waals surface area contributed by atoms with Crippen molar-refractivity contribution in [2.75, 3.05) is 24.2 Å². The maximum Gasteiger partial charge on any atom is 0.114 e. The number of hydrogen-bond donors (Lipinski definition) is 3. The van der Waals surface area contributed by atoms with Gasteiger partial charge in [-0.25, -0.2) is 0 Å². The first-order valence-electron chi connectivity index (χ1n) is 10.9. The first-order chi connectivity index (χ1) is 14.1. The lowest BCUT2D eigenvalue weighted by Crippen LogP contribution is -2.40. The Morgan fingerprint density at radius 1 is 1.28 bits per heavy atom. The molecule has 2 aromatic rings. The molecule has 2 unspecified atom stereocenters. The van der Waals surface area contributed by atoms with Crippen molar-refractivity contribution in [2.45, 2.75) is 63.2 Å². The molecular formula is C22H30ClN5S. The lowest BCUT2D eigenvalue weighted by atomic mass is 10.1. The summed E-state index contributed by atoms with van der Waals surface area (Å²) in [6, 6.07) is 7.93. The first-order valence-corrected chi connectivity index (χ1v) is 12.2. The quantitative estimate of drug-likeness (QED) is 0.653. The van der Waals surface area contributed by atoms with Gasteiger partial charge in [0, 0.05) is 47.4 Å². The molecule has 5 rings (SSSR count). The molecule has 2 fully saturated rings. The van der Waals surface area contributed by atoms with Gasteiger partial charge < -0.3 is 16.0 Å². The van der Waals surface area contributed by atoms with Crippen molar-refractivity contribution >= 4 is 45.0 Å². The van der Waals surface area contributed by atoms with Crippen LogP contribution in [-0.2, 0) is 0 Å². The number of aromatic nitrogens is 1. The molecule has 2 aliphatic heterocycles. The van der Waals surface area contributed by atoms with Crippen LogP contribution in [0, 0.1) is 0 Å². The molecule has 4 N–H and O–H groups in total. The highest BCUT2D eigenvalue weighted by atomic mass is 35.5. The zero-order chi connectivity index (χ0) is 20.0. The van der Waals surface area contributed by atoms with Crippen molar-refractivity contribution in [1.82, 2.24) is 9.88 Å². The van der Waals surface area contributed by atoms with Crippen molar-refractivity contribution in [1.29, 1.82) is 0 Å². The molecule has 29 heavy (non-hydrogen) atoms. The molecule has 1 saturated carbocycles. The molecule has 156 valence electrons. The van der Waals surface area contributed by atoms with Gasteiger partial charge in [-0.05, 0) is 44.4 Å². The van der Waals surface area contributed by atoms with Gasteiger partial charge in [-0.3, -0.25) is 9.89 Å². The van der Waals surface area contributed by atoms with Crippen LogP contribution >= 0.6 is 23.4 Å². The molecule has 0 amide bonds. The SMILES string of the molecule is C[C@H](C1CSC(c2cc3cc(Cl)cc(NC4CCCC4)c3[nH]2)=N1)N1CCC(N)C1. The van der Waals surface area contributed by atoms with Crippen LogP contribution < -0.4 is 11.1 Å². The largest absolute Gasteiger partial charge is 0.381 e.